The molecule has 0 aliphatic rings. The Hall–Kier alpha value is -8.20. The highest BCUT2D eigenvalue weighted by molar-refractivity contribution is 6.27. The molecule has 0 atom stereocenters. The first-order valence-electron chi connectivity index (χ1n) is 21.4. The minimum Gasteiger partial charge on any atom is -0.310 e. The first-order valence-corrected chi connectivity index (χ1v) is 21.4. The van der Waals surface area contributed by atoms with E-state index in [9.17, 15) is 0 Å². The number of para-hydroxylation sites is 3. The second kappa shape index (κ2) is 13.7. The maximum absolute atomic E-state index is 2.46. The van der Waals surface area contributed by atoms with E-state index in [0.717, 1.165) is 28.3 Å². The Morgan fingerprint density at radius 2 is 0.661 bits per heavy atom. The molecule has 0 aliphatic carbocycles. The van der Waals surface area contributed by atoms with Gasteiger partial charge in [0.15, 0.2) is 0 Å². The van der Waals surface area contributed by atoms with Crippen molar-refractivity contribution in [3.8, 4) is 16.8 Å². The van der Waals surface area contributed by atoms with Gasteiger partial charge in [0.25, 0.3) is 0 Å². The third-order valence-corrected chi connectivity index (χ3v) is 13.1. The van der Waals surface area contributed by atoms with Crippen LogP contribution >= 0.6 is 0 Å². The lowest BCUT2D eigenvalue weighted by molar-refractivity contribution is 1.18. The van der Waals surface area contributed by atoms with Gasteiger partial charge in [0, 0.05) is 39.1 Å². The number of hydrogen-bond acceptors (Lipinski definition) is 1. The number of anilines is 3. The molecule has 0 radical (unpaired) electrons. The average molecular weight is 787 g/mol. The van der Waals surface area contributed by atoms with E-state index in [2.05, 4.69) is 240 Å². The number of aromatic nitrogens is 1. The lowest BCUT2D eigenvalue weighted by Gasteiger charge is -2.27. The van der Waals surface area contributed by atoms with Crippen LogP contribution in [-0.2, 0) is 0 Å². The van der Waals surface area contributed by atoms with Crippen LogP contribution in [0.3, 0.4) is 0 Å². The van der Waals surface area contributed by atoms with Gasteiger partial charge in [-0.3, -0.25) is 0 Å². The zero-order valence-electron chi connectivity index (χ0n) is 33.8. The maximum atomic E-state index is 2.46. The van der Waals surface area contributed by atoms with Gasteiger partial charge in [-0.2, -0.15) is 0 Å². The van der Waals surface area contributed by atoms with Gasteiger partial charge in [-0.1, -0.05) is 176 Å². The number of hydrogen-bond donors (Lipinski definition) is 0. The van der Waals surface area contributed by atoms with Crippen LogP contribution in [0, 0.1) is 0 Å². The van der Waals surface area contributed by atoms with Crippen molar-refractivity contribution < 1.29 is 0 Å². The van der Waals surface area contributed by atoms with Crippen molar-refractivity contribution in [1.82, 2.24) is 4.57 Å². The Labute approximate surface area is 358 Å². The summed E-state index contributed by atoms with van der Waals surface area (Å²) >= 11 is 0. The van der Waals surface area contributed by atoms with Crippen LogP contribution < -0.4 is 4.90 Å². The van der Waals surface area contributed by atoms with Gasteiger partial charge in [-0.15, -0.1) is 0 Å². The smallest absolute Gasteiger partial charge is 0.0619 e. The topological polar surface area (TPSA) is 8.17 Å². The molecule has 13 aromatic rings. The van der Waals surface area contributed by atoms with E-state index in [1.54, 1.807) is 0 Å². The van der Waals surface area contributed by atoms with E-state index in [1.165, 1.54) is 92.0 Å². The molecule has 2 heteroatoms. The van der Waals surface area contributed by atoms with Crippen LogP contribution in [0.5, 0.6) is 0 Å². The highest BCUT2D eigenvalue weighted by Gasteiger charge is 2.20. The predicted octanol–water partition coefficient (Wildman–Crippen LogP) is 16.8. The summed E-state index contributed by atoms with van der Waals surface area (Å²) in [5.41, 5.74) is 9.21. The standard InChI is InChI=1S/C60H38N2/c1-2-17-40(18-3-1)62-59-31-13-12-28-55(59)56-30-15-29-44(60(56)62)39-16-14-19-41(36-39)61(42-32-34-53-49-24-6-4-20-45(49)47-22-8-10-26-51(47)57(53)37-42)43-33-35-54-50-25-7-5-21-46(50)48-23-9-11-27-52(48)58(54)38-43/h1-38H. The Kier molecular flexibility index (Phi) is 7.64. The summed E-state index contributed by atoms with van der Waals surface area (Å²) in [6, 6.07) is 84.9. The summed E-state index contributed by atoms with van der Waals surface area (Å²) in [4.78, 5) is 2.46. The largest absolute Gasteiger partial charge is 0.310 e. The van der Waals surface area contributed by atoms with Crippen molar-refractivity contribution in [3.63, 3.8) is 0 Å². The summed E-state index contributed by atoms with van der Waals surface area (Å²) in [5.74, 6) is 0. The van der Waals surface area contributed by atoms with Crippen LogP contribution in [0.2, 0.25) is 0 Å². The fourth-order valence-electron chi connectivity index (χ4n) is 10.4. The molecule has 0 fully saturated rings. The third kappa shape index (κ3) is 5.17. The summed E-state index contributed by atoms with van der Waals surface area (Å²) < 4.78 is 2.43. The fourth-order valence-corrected chi connectivity index (χ4v) is 10.4. The van der Waals surface area contributed by atoms with E-state index < -0.39 is 0 Å². The van der Waals surface area contributed by atoms with Crippen molar-refractivity contribution in [1.29, 1.82) is 0 Å². The Balaban J connectivity index is 1.09. The monoisotopic (exact) mass is 786 g/mol. The molecule has 0 aliphatic heterocycles. The summed E-state index contributed by atoms with van der Waals surface area (Å²) in [6.07, 6.45) is 0. The molecule has 12 aromatic carbocycles. The molecule has 0 N–H and O–H groups in total. The molecule has 1 aromatic heterocycles. The lowest BCUT2D eigenvalue weighted by atomic mass is 9.93. The quantitative estimate of drug-likeness (QED) is 0.158. The minimum absolute atomic E-state index is 1.09. The predicted molar refractivity (Wildman–Crippen MR) is 266 cm³/mol. The van der Waals surface area contributed by atoms with Gasteiger partial charge in [0.05, 0.1) is 11.0 Å². The van der Waals surface area contributed by atoms with Gasteiger partial charge in [0.2, 0.25) is 0 Å². The summed E-state index contributed by atoms with van der Waals surface area (Å²) in [5, 5.41) is 17.7. The molecular weight excluding hydrogens is 749 g/mol. The van der Waals surface area contributed by atoms with Gasteiger partial charge in [-0.25, -0.2) is 0 Å². The lowest BCUT2D eigenvalue weighted by Crippen LogP contribution is -2.10. The van der Waals surface area contributed by atoms with E-state index in [0.29, 0.717) is 0 Å². The van der Waals surface area contributed by atoms with E-state index in [1.807, 2.05) is 0 Å². The van der Waals surface area contributed by atoms with Crippen molar-refractivity contribution in [2.24, 2.45) is 0 Å². The van der Waals surface area contributed by atoms with Crippen LogP contribution in [0.25, 0.3) is 103 Å². The molecule has 0 amide bonds. The van der Waals surface area contributed by atoms with Crippen LogP contribution in [0.1, 0.15) is 0 Å². The highest BCUT2D eigenvalue weighted by Crippen LogP contribution is 2.45. The fraction of sp³-hybridized carbons (Fsp3) is 0. The molecule has 0 spiro atoms. The van der Waals surface area contributed by atoms with E-state index in [4.69, 9.17) is 0 Å². The molecule has 1 heterocycles. The SMILES string of the molecule is c1ccc(-n2c3ccccc3c3cccc(-c4cccc(N(c5ccc6c7ccccc7c7ccccc7c6c5)c5ccc6c7ccccc7c7ccccc7c6c5)c4)c32)cc1. The first kappa shape index (κ1) is 34.6. The number of rotatable bonds is 5. The molecule has 288 valence electrons. The van der Waals surface area contributed by atoms with Gasteiger partial charge in [-0.05, 0) is 125 Å². The molecule has 13 rings (SSSR count). The molecule has 0 unspecified atom stereocenters. The normalized spacial score (nSPS) is 11.9. The third-order valence-electron chi connectivity index (χ3n) is 13.1. The summed E-state index contributed by atoms with van der Waals surface area (Å²) in [7, 11) is 0. The molecule has 0 saturated carbocycles. The molecule has 62 heavy (non-hydrogen) atoms. The zero-order chi connectivity index (χ0) is 40.7. The van der Waals surface area contributed by atoms with Crippen molar-refractivity contribution in [2.75, 3.05) is 4.90 Å². The van der Waals surface area contributed by atoms with Crippen molar-refractivity contribution in [2.45, 2.75) is 0 Å². The van der Waals surface area contributed by atoms with Crippen LogP contribution in [0.15, 0.2) is 231 Å². The van der Waals surface area contributed by atoms with Gasteiger partial charge in [0.1, 0.15) is 0 Å². The van der Waals surface area contributed by atoms with Crippen molar-refractivity contribution >= 4 is 104 Å². The zero-order valence-corrected chi connectivity index (χ0v) is 33.8. The Morgan fingerprint density at radius 3 is 1.19 bits per heavy atom. The van der Waals surface area contributed by atoms with Gasteiger partial charge >= 0.3 is 0 Å². The average Bonchev–Trinajstić information content (AvgIpc) is 3.69. The molecular formula is C60H38N2. The second-order valence-electron chi connectivity index (χ2n) is 16.4. The van der Waals surface area contributed by atoms with Crippen molar-refractivity contribution in [3.05, 3.63) is 231 Å². The first-order chi connectivity index (χ1) is 30.8. The van der Waals surface area contributed by atoms with Crippen LogP contribution in [0.4, 0.5) is 17.1 Å². The van der Waals surface area contributed by atoms with E-state index >= 15 is 0 Å². The summed E-state index contributed by atoms with van der Waals surface area (Å²) in [6.45, 7) is 0. The number of benzene rings is 12. The van der Waals surface area contributed by atoms with E-state index in [-0.39, 0.29) is 0 Å². The molecule has 0 bridgehead atoms. The Morgan fingerprint density at radius 1 is 0.258 bits per heavy atom. The Bertz CT molecular complexity index is 3700. The second-order valence-corrected chi connectivity index (χ2v) is 16.4. The minimum atomic E-state index is 1.09. The molecule has 2 nitrogen and oxygen atoms in total. The maximum Gasteiger partial charge on any atom is 0.0619 e. The van der Waals surface area contributed by atoms with Crippen LogP contribution in [-0.4, -0.2) is 4.57 Å². The van der Waals surface area contributed by atoms with Gasteiger partial charge < -0.3 is 9.47 Å². The number of fused-ring (bicyclic) bond motifs is 15. The highest BCUT2D eigenvalue weighted by atomic mass is 15.1. The number of nitrogens with zero attached hydrogens (tertiary/aromatic N) is 2. The molecule has 0 saturated heterocycles.